The van der Waals surface area contributed by atoms with E-state index in [2.05, 4.69) is 53.5 Å². The monoisotopic (exact) mass is 714 g/mol. The number of nitrogens with two attached hydrogens (primary N) is 2. The van der Waals surface area contributed by atoms with Gasteiger partial charge < -0.3 is 30.4 Å². The molecule has 4 aliphatic rings. The second-order valence-corrected chi connectivity index (χ2v) is 15.7. The van der Waals surface area contributed by atoms with Crippen molar-refractivity contribution in [3.8, 4) is 0 Å². The Balaban J connectivity index is 1.20. The summed E-state index contributed by atoms with van der Waals surface area (Å²) in [6, 6.07) is 0. The Kier molecular flexibility index (Phi) is 7.54. The number of aromatic nitrogens is 7. The highest BCUT2D eigenvalue weighted by Crippen LogP contribution is 2.58. The Morgan fingerprint density at radius 2 is 2.00 bits per heavy atom. The molecule has 8 N–H and O–H groups in total. The highest BCUT2D eigenvalue weighted by molar-refractivity contribution is 8.44. The Morgan fingerprint density at radius 1 is 1.22 bits per heavy atom. The predicted octanol–water partition coefficient (Wildman–Crippen LogP) is -1.02. The first-order valence-corrected chi connectivity index (χ1v) is 18.0. The first-order chi connectivity index (χ1) is 21.3. The van der Waals surface area contributed by atoms with Crippen LogP contribution < -0.4 is 33.0 Å². The zero-order chi connectivity index (χ0) is 31.9. The molecule has 3 unspecified atom stereocenters. The Bertz CT molecular complexity index is 1830. The number of thiol groups is 1. The molecule has 3 aromatic heterocycles. The van der Waals surface area contributed by atoms with Crippen molar-refractivity contribution in [2.75, 3.05) is 41.7 Å². The molecular formula is C18H22F2N12O9P2S2. The number of anilines is 4. The molecule has 9 atom stereocenters. The lowest BCUT2D eigenvalue weighted by Gasteiger charge is -2.32. The fourth-order valence-electron chi connectivity index (χ4n) is 5.12. The van der Waals surface area contributed by atoms with E-state index < -0.39 is 81.5 Å². The number of nitrogens with one attached hydrogen (secondary N) is 3. The van der Waals surface area contributed by atoms with Crippen LogP contribution in [0.2, 0.25) is 0 Å². The molecule has 3 fully saturated rings. The highest BCUT2D eigenvalue weighted by atomic mass is 32.7. The van der Waals surface area contributed by atoms with Gasteiger partial charge in [-0.15, -0.1) is 10.6 Å². The third kappa shape index (κ3) is 5.35. The molecular weight excluding hydrogens is 692 g/mol. The number of aromatic amines is 1. The van der Waals surface area contributed by atoms with Crippen molar-refractivity contribution >= 4 is 72.0 Å². The predicted molar refractivity (Wildman–Crippen MR) is 153 cm³/mol. The van der Waals surface area contributed by atoms with E-state index in [1.54, 1.807) is 0 Å². The lowest BCUT2D eigenvalue weighted by molar-refractivity contribution is -0.0547. The number of fused-ring (bicyclic) bond motifs is 5. The van der Waals surface area contributed by atoms with Crippen molar-refractivity contribution in [1.82, 2.24) is 40.5 Å². The molecule has 0 amide bonds. The first kappa shape index (κ1) is 31.0. The van der Waals surface area contributed by atoms with E-state index in [4.69, 9.17) is 50.8 Å². The Morgan fingerprint density at radius 3 is 2.80 bits per heavy atom. The van der Waals surface area contributed by atoms with E-state index in [-0.39, 0.29) is 34.4 Å². The standard InChI is InChI=1S/C18H22F2N12O9P2S2/c19-7-5-1-37-43(35,45)41-11-6(36-3-18(11,20)32-13-8(27-30-32)12(21)23-4-24-13)2-38-42(34,44)40-10(7)16(39-5)31-14-9(28-29-31)15(33)26-17(22)25-14/h4-7,10-11,16,28-29H,1-3H2,(H,34,44)(H,35,45)(H2,21,23,24)(H3,22,25,26,33)/t5?,6-,7-,10+,11-,16-,18+,42?,43?/m1/s1. The minimum Gasteiger partial charge on any atom is -0.382 e. The van der Waals surface area contributed by atoms with E-state index in [0.717, 1.165) is 11.3 Å². The van der Waals surface area contributed by atoms with Crippen LogP contribution >= 0.6 is 25.8 Å². The summed E-state index contributed by atoms with van der Waals surface area (Å²) in [7, 11) is 0. The molecule has 3 aromatic rings. The maximum atomic E-state index is 16.8. The number of ether oxygens (including phenoxy) is 2. The molecule has 0 aliphatic carbocycles. The van der Waals surface area contributed by atoms with Gasteiger partial charge in [-0.05, 0) is 11.8 Å². The molecule has 0 saturated carbocycles. The zero-order valence-electron chi connectivity index (χ0n) is 22.2. The summed E-state index contributed by atoms with van der Waals surface area (Å²) in [5.41, 5.74) is 15.7. The second-order valence-electron chi connectivity index (χ2n) is 9.99. The molecule has 7 heterocycles. The number of alkyl halides is 2. The van der Waals surface area contributed by atoms with E-state index in [9.17, 15) is 14.3 Å². The third-order valence-corrected chi connectivity index (χ3v) is 10.3. The summed E-state index contributed by atoms with van der Waals surface area (Å²) in [4.78, 5) is 37.4. The van der Waals surface area contributed by atoms with Crippen LogP contribution in [0.15, 0.2) is 11.1 Å². The van der Waals surface area contributed by atoms with Gasteiger partial charge >= 0.3 is 13.5 Å². The minimum atomic E-state index is -4.51. The topological polar surface area (TPSA) is 274 Å². The van der Waals surface area contributed by atoms with Crippen LogP contribution in [0.3, 0.4) is 0 Å². The van der Waals surface area contributed by atoms with Crippen LogP contribution in [-0.4, -0.2) is 96.5 Å². The smallest absolute Gasteiger partial charge is 0.382 e. The molecule has 4 aliphatic heterocycles. The quantitative estimate of drug-likeness (QED) is 0.124. The number of nitrogens with zero attached hydrogens (tertiary/aromatic N) is 7. The van der Waals surface area contributed by atoms with E-state index in [0.29, 0.717) is 4.68 Å². The molecule has 3 saturated heterocycles. The SMILES string of the molecule is Nc1nc2c(c(=O)[nH]1)NNN2[C@@H]1OC2COP(O)(=S)O[C@@H]3[C@@H](COP(=O)(S)O[C@H]1[C@@H]2F)OC[C@]3(F)n1nnc2c(N)ncnc21. The summed E-state index contributed by atoms with van der Waals surface area (Å²) >= 11 is 9.12. The van der Waals surface area contributed by atoms with Crippen molar-refractivity contribution in [3.63, 3.8) is 0 Å². The van der Waals surface area contributed by atoms with Gasteiger partial charge in [-0.1, -0.05) is 17.5 Å². The summed E-state index contributed by atoms with van der Waals surface area (Å²) < 4.78 is 80.1. The molecule has 2 bridgehead atoms. The van der Waals surface area contributed by atoms with E-state index in [1.807, 2.05) is 0 Å². The second kappa shape index (κ2) is 11.0. The number of nitrogen functional groups attached to an aromatic ring is 2. The summed E-state index contributed by atoms with van der Waals surface area (Å²) in [6.07, 6.45) is -9.12. The van der Waals surface area contributed by atoms with Crippen LogP contribution in [0.25, 0.3) is 11.2 Å². The van der Waals surface area contributed by atoms with Gasteiger partial charge in [0.2, 0.25) is 5.95 Å². The number of hydrogen-bond donors (Lipinski definition) is 7. The van der Waals surface area contributed by atoms with E-state index in [1.165, 1.54) is 0 Å². The molecule has 21 nitrogen and oxygen atoms in total. The fourth-order valence-corrected chi connectivity index (χ4v) is 8.01. The molecule has 45 heavy (non-hydrogen) atoms. The summed E-state index contributed by atoms with van der Waals surface area (Å²) in [5.74, 6) is -3.21. The number of rotatable bonds is 2. The maximum Gasteiger partial charge on any atom is 0.386 e. The van der Waals surface area contributed by atoms with Gasteiger partial charge in [-0.25, -0.2) is 28.3 Å². The maximum absolute atomic E-state index is 16.8. The van der Waals surface area contributed by atoms with Crippen LogP contribution in [0.5, 0.6) is 0 Å². The third-order valence-electron chi connectivity index (χ3n) is 7.16. The largest absolute Gasteiger partial charge is 0.386 e. The average molecular weight is 715 g/mol. The van der Waals surface area contributed by atoms with Crippen molar-refractivity contribution in [2.24, 2.45) is 0 Å². The highest BCUT2D eigenvalue weighted by Gasteiger charge is 2.59. The first-order valence-electron chi connectivity index (χ1n) is 12.7. The Labute approximate surface area is 259 Å². The van der Waals surface area contributed by atoms with Crippen LogP contribution in [0.1, 0.15) is 0 Å². The number of hydrogen-bond acceptors (Lipinski definition) is 19. The van der Waals surface area contributed by atoms with Crippen LogP contribution in [0.4, 0.5) is 32.1 Å². The van der Waals surface area contributed by atoms with Gasteiger partial charge in [-0.3, -0.25) is 28.8 Å². The van der Waals surface area contributed by atoms with Crippen molar-refractivity contribution in [1.29, 1.82) is 0 Å². The molecule has 0 radical (unpaired) electrons. The molecule has 27 heteroatoms. The van der Waals surface area contributed by atoms with Gasteiger partial charge in [0, 0.05) is 0 Å². The van der Waals surface area contributed by atoms with Crippen LogP contribution in [-0.2, 0) is 49.7 Å². The number of H-pyrrole nitrogens is 1. The van der Waals surface area contributed by atoms with Gasteiger partial charge in [-0.2, -0.15) is 9.67 Å². The lowest BCUT2D eigenvalue weighted by Crippen LogP contribution is -2.50. The van der Waals surface area contributed by atoms with Crippen molar-refractivity contribution < 1.29 is 45.8 Å². The minimum absolute atomic E-state index is 0.0312. The van der Waals surface area contributed by atoms with Gasteiger partial charge in [0.15, 0.2) is 47.0 Å². The fraction of sp³-hybridized carbons (Fsp3) is 0.556. The normalized spacial score (nSPS) is 38.6. The zero-order valence-corrected chi connectivity index (χ0v) is 25.7. The molecule has 0 spiro atoms. The molecule has 0 aromatic carbocycles. The molecule has 7 rings (SSSR count). The lowest BCUT2D eigenvalue weighted by atomic mass is 10.1. The van der Waals surface area contributed by atoms with Gasteiger partial charge in [0.1, 0.15) is 31.2 Å². The van der Waals surface area contributed by atoms with Crippen molar-refractivity contribution in [2.45, 2.75) is 42.6 Å². The van der Waals surface area contributed by atoms with Crippen molar-refractivity contribution in [3.05, 3.63) is 16.7 Å². The summed E-state index contributed by atoms with van der Waals surface area (Å²) in [5, 5.41) is 8.66. The summed E-state index contributed by atoms with van der Waals surface area (Å²) in [6.45, 7) is -11.2. The van der Waals surface area contributed by atoms with E-state index >= 15 is 8.78 Å². The average Bonchev–Trinajstić information content (AvgIpc) is 3.73. The Hall–Kier alpha value is -2.67. The van der Waals surface area contributed by atoms with Crippen LogP contribution in [0, 0.1) is 0 Å². The van der Waals surface area contributed by atoms with Gasteiger partial charge in [0.25, 0.3) is 11.4 Å². The number of hydrazine groups is 2. The molecule has 244 valence electrons. The number of halogens is 2. The van der Waals surface area contributed by atoms with Gasteiger partial charge in [0.05, 0.1) is 13.2 Å².